The van der Waals surface area contributed by atoms with E-state index in [2.05, 4.69) is 21.6 Å². The Morgan fingerprint density at radius 1 is 1.09 bits per heavy atom. The van der Waals surface area contributed by atoms with E-state index < -0.39 is 9.84 Å². The summed E-state index contributed by atoms with van der Waals surface area (Å²) >= 11 is 0. The Morgan fingerprint density at radius 3 is 2.31 bits per heavy atom. The van der Waals surface area contributed by atoms with Crippen LogP contribution in [-0.2, 0) is 16.3 Å². The molecular formula is C23H35IN4O3S. The van der Waals surface area contributed by atoms with Gasteiger partial charge in [0.1, 0.15) is 5.75 Å². The smallest absolute Gasteiger partial charge is 0.191 e. The lowest BCUT2D eigenvalue weighted by Gasteiger charge is -2.25. The number of methoxy groups -OCH3 is 1. The van der Waals surface area contributed by atoms with Crippen LogP contribution in [0, 0.1) is 0 Å². The fourth-order valence-electron chi connectivity index (χ4n) is 3.23. The third-order valence-electron chi connectivity index (χ3n) is 4.95. The minimum absolute atomic E-state index is 0. The van der Waals surface area contributed by atoms with Gasteiger partial charge in [-0.2, -0.15) is 0 Å². The second kappa shape index (κ2) is 13.6. The maximum atomic E-state index is 11.6. The van der Waals surface area contributed by atoms with Crippen LogP contribution in [0.15, 0.2) is 58.4 Å². The highest BCUT2D eigenvalue weighted by molar-refractivity contribution is 14.0. The number of hydrogen-bond acceptors (Lipinski definition) is 5. The molecule has 2 aromatic rings. The predicted octanol–water partition coefficient (Wildman–Crippen LogP) is 3.12. The highest BCUT2D eigenvalue weighted by atomic mass is 127. The molecule has 0 aromatic heterocycles. The molecule has 32 heavy (non-hydrogen) atoms. The van der Waals surface area contributed by atoms with E-state index in [0.717, 1.165) is 35.8 Å². The molecule has 0 aliphatic carbocycles. The van der Waals surface area contributed by atoms with Crippen molar-refractivity contribution in [3.8, 4) is 5.75 Å². The van der Waals surface area contributed by atoms with Crippen LogP contribution in [0.3, 0.4) is 0 Å². The summed E-state index contributed by atoms with van der Waals surface area (Å²) in [5, 5.41) is 6.64. The van der Waals surface area contributed by atoms with E-state index in [0.29, 0.717) is 18.0 Å². The average Bonchev–Trinajstić information content (AvgIpc) is 2.73. The summed E-state index contributed by atoms with van der Waals surface area (Å²) in [4.78, 5) is 7.25. The predicted molar refractivity (Wildman–Crippen MR) is 142 cm³/mol. The van der Waals surface area contributed by atoms with Crippen molar-refractivity contribution < 1.29 is 13.2 Å². The van der Waals surface area contributed by atoms with Gasteiger partial charge in [0.05, 0.1) is 24.6 Å². The fraction of sp³-hybridized carbons (Fsp3) is 0.435. The molecule has 9 heteroatoms. The normalized spacial score (nSPS) is 12.8. The summed E-state index contributed by atoms with van der Waals surface area (Å²) in [6.45, 7) is 4.05. The van der Waals surface area contributed by atoms with Gasteiger partial charge >= 0.3 is 0 Å². The number of guanidine groups is 1. The van der Waals surface area contributed by atoms with Gasteiger partial charge in [0.2, 0.25) is 0 Å². The molecule has 1 atom stereocenters. The largest absolute Gasteiger partial charge is 0.496 e. The SMILES string of the molecule is CCNC(=NCC(c1ccccc1OC)N(C)C)NCCc1ccc(S(C)(=O)=O)cc1.I. The summed E-state index contributed by atoms with van der Waals surface area (Å²) in [7, 11) is 2.58. The minimum atomic E-state index is -3.17. The number of likely N-dealkylation sites (N-methyl/N-ethyl adjacent to an activating group) is 1. The molecule has 7 nitrogen and oxygen atoms in total. The molecule has 0 radical (unpaired) electrons. The van der Waals surface area contributed by atoms with Crippen LogP contribution in [-0.4, -0.2) is 66.4 Å². The van der Waals surface area contributed by atoms with E-state index in [1.54, 1.807) is 19.2 Å². The molecule has 0 fully saturated rings. The number of aliphatic imine (C=N–C) groups is 1. The summed E-state index contributed by atoms with van der Waals surface area (Å²) < 4.78 is 28.7. The third-order valence-corrected chi connectivity index (χ3v) is 6.07. The van der Waals surface area contributed by atoms with Gasteiger partial charge in [-0.25, -0.2) is 8.42 Å². The topological polar surface area (TPSA) is 83.0 Å². The summed E-state index contributed by atoms with van der Waals surface area (Å²) in [5.41, 5.74) is 2.16. The molecule has 0 aliphatic heterocycles. The molecule has 2 N–H and O–H groups in total. The summed E-state index contributed by atoms with van der Waals surface area (Å²) in [5.74, 6) is 1.60. The van der Waals surface area contributed by atoms with Gasteiger partial charge in [0.15, 0.2) is 15.8 Å². The van der Waals surface area contributed by atoms with E-state index in [1.165, 1.54) is 6.26 Å². The number of nitrogens with one attached hydrogen (secondary N) is 2. The first kappa shape index (κ1) is 28.2. The van der Waals surface area contributed by atoms with Crippen molar-refractivity contribution in [2.75, 3.05) is 47.1 Å². The van der Waals surface area contributed by atoms with Crippen molar-refractivity contribution in [2.45, 2.75) is 24.3 Å². The standard InChI is InChI=1S/C23H34N4O3S.HI/c1-6-24-23(25-16-15-18-11-13-19(14-12-18)31(5,28)29)26-17-21(27(2)3)20-9-7-8-10-22(20)30-4;/h7-14,21H,6,15-17H2,1-5H3,(H2,24,25,26);1H. The Labute approximate surface area is 209 Å². The minimum Gasteiger partial charge on any atom is -0.496 e. The Bertz CT molecular complexity index is 963. The number of rotatable bonds is 10. The fourth-order valence-corrected chi connectivity index (χ4v) is 3.86. The zero-order chi connectivity index (χ0) is 22.9. The summed E-state index contributed by atoms with van der Waals surface area (Å²) in [6, 6.07) is 15.1. The van der Waals surface area contributed by atoms with Gasteiger partial charge in [0.25, 0.3) is 0 Å². The van der Waals surface area contributed by atoms with Crippen LogP contribution in [0.25, 0.3) is 0 Å². The van der Waals surface area contributed by atoms with Crippen LogP contribution in [0.2, 0.25) is 0 Å². The van der Waals surface area contributed by atoms with Crippen LogP contribution in [0.5, 0.6) is 5.75 Å². The first-order valence-corrected chi connectivity index (χ1v) is 12.3. The monoisotopic (exact) mass is 574 g/mol. The second-order valence-corrected chi connectivity index (χ2v) is 9.55. The van der Waals surface area contributed by atoms with Crippen molar-refractivity contribution in [2.24, 2.45) is 4.99 Å². The molecule has 0 heterocycles. The molecular weight excluding hydrogens is 539 g/mol. The molecule has 0 spiro atoms. The first-order chi connectivity index (χ1) is 14.8. The van der Waals surface area contributed by atoms with Crippen LogP contribution in [0.1, 0.15) is 24.1 Å². The Hall–Kier alpha value is -1.85. The molecule has 2 rings (SSSR count). The molecule has 0 aliphatic rings. The lowest BCUT2D eigenvalue weighted by molar-refractivity contribution is 0.295. The quantitative estimate of drug-likeness (QED) is 0.258. The van der Waals surface area contributed by atoms with Crippen molar-refractivity contribution in [1.82, 2.24) is 15.5 Å². The average molecular weight is 575 g/mol. The Balaban J connectivity index is 0.00000512. The maximum absolute atomic E-state index is 11.6. The zero-order valence-corrected chi connectivity index (χ0v) is 22.6. The number of sulfone groups is 1. The van der Waals surface area contributed by atoms with Gasteiger partial charge in [-0.15, -0.1) is 24.0 Å². The third kappa shape index (κ3) is 8.59. The number of benzene rings is 2. The van der Waals surface area contributed by atoms with E-state index in [1.807, 2.05) is 51.4 Å². The Morgan fingerprint density at radius 2 is 1.75 bits per heavy atom. The maximum Gasteiger partial charge on any atom is 0.191 e. The van der Waals surface area contributed by atoms with Gasteiger partial charge in [-0.3, -0.25) is 4.99 Å². The van der Waals surface area contributed by atoms with Crippen LogP contribution in [0.4, 0.5) is 0 Å². The molecule has 2 aromatic carbocycles. The highest BCUT2D eigenvalue weighted by Crippen LogP contribution is 2.28. The van der Waals surface area contributed by atoms with Crippen molar-refractivity contribution in [1.29, 1.82) is 0 Å². The van der Waals surface area contributed by atoms with Gasteiger partial charge in [-0.05, 0) is 51.2 Å². The zero-order valence-electron chi connectivity index (χ0n) is 19.5. The number of hydrogen-bond donors (Lipinski definition) is 2. The van der Waals surface area contributed by atoms with Crippen molar-refractivity contribution in [3.63, 3.8) is 0 Å². The van der Waals surface area contributed by atoms with Crippen molar-refractivity contribution >= 4 is 39.8 Å². The van der Waals surface area contributed by atoms with Crippen LogP contribution < -0.4 is 15.4 Å². The molecule has 0 saturated carbocycles. The number of ether oxygens (including phenoxy) is 1. The van der Waals surface area contributed by atoms with Gasteiger partial charge < -0.3 is 20.3 Å². The lowest BCUT2D eigenvalue weighted by Crippen LogP contribution is -2.39. The Kier molecular flexibility index (Phi) is 12.0. The van der Waals surface area contributed by atoms with Gasteiger partial charge in [-0.1, -0.05) is 30.3 Å². The van der Waals surface area contributed by atoms with Gasteiger partial charge in [0, 0.05) is 24.9 Å². The molecule has 0 bridgehead atoms. The molecule has 178 valence electrons. The second-order valence-electron chi connectivity index (χ2n) is 7.53. The van der Waals surface area contributed by atoms with E-state index in [9.17, 15) is 8.42 Å². The summed E-state index contributed by atoms with van der Waals surface area (Å²) in [6.07, 6.45) is 1.98. The lowest BCUT2D eigenvalue weighted by atomic mass is 10.0. The highest BCUT2D eigenvalue weighted by Gasteiger charge is 2.18. The first-order valence-electron chi connectivity index (χ1n) is 10.4. The molecule has 0 amide bonds. The van der Waals surface area contributed by atoms with Crippen molar-refractivity contribution in [3.05, 3.63) is 59.7 Å². The van der Waals surface area contributed by atoms with E-state index in [-0.39, 0.29) is 30.0 Å². The molecule has 0 saturated heterocycles. The number of para-hydroxylation sites is 1. The molecule has 1 unspecified atom stereocenters. The number of nitrogens with zero attached hydrogens (tertiary/aromatic N) is 2. The number of halogens is 1. The van der Waals surface area contributed by atoms with E-state index in [4.69, 9.17) is 9.73 Å². The van der Waals surface area contributed by atoms with E-state index >= 15 is 0 Å². The van der Waals surface area contributed by atoms with Crippen LogP contribution >= 0.6 is 24.0 Å².